The fourth-order valence-corrected chi connectivity index (χ4v) is 5.17. The molecule has 2 fully saturated rings. The van der Waals surface area contributed by atoms with Gasteiger partial charge < -0.3 is 10.1 Å². The van der Waals surface area contributed by atoms with Crippen molar-refractivity contribution in [1.29, 1.82) is 0 Å². The van der Waals surface area contributed by atoms with Crippen molar-refractivity contribution < 1.29 is 9.53 Å². The number of nitrogens with one attached hydrogen (secondary N) is 1. The van der Waals surface area contributed by atoms with E-state index >= 15 is 0 Å². The van der Waals surface area contributed by atoms with Crippen LogP contribution in [-0.2, 0) is 4.74 Å². The van der Waals surface area contributed by atoms with Gasteiger partial charge in [-0.3, -0.25) is 4.79 Å². The fourth-order valence-electron chi connectivity index (χ4n) is 4.97. The Balaban J connectivity index is 1.63. The molecule has 2 aromatic rings. The Morgan fingerprint density at radius 2 is 1.93 bits per heavy atom. The number of fused-ring (bicyclic) bond motifs is 1. The van der Waals surface area contributed by atoms with E-state index in [9.17, 15) is 4.79 Å². The van der Waals surface area contributed by atoms with E-state index < -0.39 is 0 Å². The highest BCUT2D eigenvalue weighted by atomic mass is 35.5. The number of halogens is 1. The van der Waals surface area contributed by atoms with Crippen LogP contribution in [-0.4, -0.2) is 17.6 Å². The van der Waals surface area contributed by atoms with Gasteiger partial charge in [-0.15, -0.1) is 0 Å². The van der Waals surface area contributed by atoms with E-state index in [4.69, 9.17) is 16.3 Å². The number of carbonyl (C=O) groups is 1. The van der Waals surface area contributed by atoms with Crippen LogP contribution in [0.25, 0.3) is 0 Å². The predicted octanol–water partition coefficient (Wildman–Crippen LogP) is 5.79. The molecule has 4 heteroatoms. The lowest BCUT2D eigenvalue weighted by Gasteiger charge is -2.52. The lowest BCUT2D eigenvalue weighted by atomic mass is 9.66. The van der Waals surface area contributed by atoms with E-state index in [2.05, 4.69) is 25.2 Å². The highest BCUT2D eigenvalue weighted by molar-refractivity contribution is 6.30. The Labute approximate surface area is 172 Å². The van der Waals surface area contributed by atoms with Crippen molar-refractivity contribution in [2.75, 3.05) is 0 Å². The summed E-state index contributed by atoms with van der Waals surface area (Å²) in [6.45, 7) is 4.49. The van der Waals surface area contributed by atoms with Crippen LogP contribution in [0, 0.1) is 11.8 Å². The van der Waals surface area contributed by atoms with Gasteiger partial charge in [-0.2, -0.15) is 0 Å². The first-order valence-corrected chi connectivity index (χ1v) is 10.6. The zero-order valence-electron chi connectivity index (χ0n) is 16.5. The summed E-state index contributed by atoms with van der Waals surface area (Å²) in [7, 11) is 0. The standard InChI is InChI=1S/C24H28ClNO2/c1-16-11-12-20-21(13-16)28-22(18-9-6-10-19(25)14-18)15-24(20,2)26-23(27)17-7-4-3-5-8-17/h3-10,14,16,20-22H,11-13,15H2,1-2H3,(H,26,27)/t16-,20-,21-,22-,24-/m0/s1. The van der Waals surface area contributed by atoms with Gasteiger partial charge in [0.25, 0.3) is 5.91 Å². The third-order valence-electron chi connectivity index (χ3n) is 6.48. The maximum absolute atomic E-state index is 13.0. The smallest absolute Gasteiger partial charge is 0.251 e. The molecule has 1 aliphatic carbocycles. The molecule has 0 radical (unpaired) electrons. The van der Waals surface area contributed by atoms with Gasteiger partial charge in [0.1, 0.15) is 0 Å². The van der Waals surface area contributed by atoms with Gasteiger partial charge in [0.2, 0.25) is 0 Å². The van der Waals surface area contributed by atoms with Crippen molar-refractivity contribution in [1.82, 2.24) is 5.32 Å². The van der Waals surface area contributed by atoms with Gasteiger partial charge in [-0.25, -0.2) is 0 Å². The van der Waals surface area contributed by atoms with Gasteiger partial charge in [0, 0.05) is 28.5 Å². The summed E-state index contributed by atoms with van der Waals surface area (Å²) in [4.78, 5) is 13.0. The molecule has 1 amide bonds. The lowest BCUT2D eigenvalue weighted by Crippen LogP contribution is -2.60. The first kappa shape index (κ1) is 19.5. The van der Waals surface area contributed by atoms with Crippen LogP contribution in [0.4, 0.5) is 0 Å². The Hall–Kier alpha value is -1.84. The molecule has 1 aliphatic heterocycles. The normalized spacial score (nSPS) is 32.4. The fraction of sp³-hybridized carbons (Fsp3) is 0.458. The quantitative estimate of drug-likeness (QED) is 0.711. The number of hydrogen-bond acceptors (Lipinski definition) is 2. The third-order valence-corrected chi connectivity index (χ3v) is 6.71. The molecule has 0 unspecified atom stereocenters. The minimum absolute atomic E-state index is 0.00721. The summed E-state index contributed by atoms with van der Waals surface area (Å²) in [6.07, 6.45) is 4.15. The van der Waals surface area contributed by atoms with E-state index in [0.717, 1.165) is 29.8 Å². The molecule has 0 bridgehead atoms. The Morgan fingerprint density at radius 1 is 1.14 bits per heavy atom. The summed E-state index contributed by atoms with van der Waals surface area (Å²) in [6, 6.07) is 17.4. The molecule has 1 N–H and O–H groups in total. The second kappa shape index (κ2) is 7.88. The van der Waals surface area contributed by atoms with Gasteiger partial charge in [0.15, 0.2) is 0 Å². The molecule has 4 rings (SSSR count). The summed E-state index contributed by atoms with van der Waals surface area (Å²) in [5, 5.41) is 4.11. The predicted molar refractivity (Wildman–Crippen MR) is 113 cm³/mol. The minimum atomic E-state index is -0.317. The lowest BCUT2D eigenvalue weighted by molar-refractivity contribution is -0.144. The van der Waals surface area contributed by atoms with Crippen molar-refractivity contribution in [3.8, 4) is 0 Å². The molecule has 1 saturated heterocycles. The topological polar surface area (TPSA) is 38.3 Å². The van der Waals surface area contributed by atoms with Crippen molar-refractivity contribution in [3.05, 3.63) is 70.7 Å². The molecule has 28 heavy (non-hydrogen) atoms. The van der Waals surface area contributed by atoms with Crippen LogP contribution in [0.5, 0.6) is 0 Å². The van der Waals surface area contributed by atoms with E-state index in [1.165, 1.54) is 6.42 Å². The van der Waals surface area contributed by atoms with Gasteiger partial charge >= 0.3 is 0 Å². The Bertz CT molecular complexity index is 840. The van der Waals surface area contributed by atoms with Crippen LogP contribution in [0.1, 0.15) is 61.6 Å². The number of benzene rings is 2. The van der Waals surface area contributed by atoms with Gasteiger partial charge in [-0.05, 0) is 55.5 Å². The van der Waals surface area contributed by atoms with Gasteiger partial charge in [0.05, 0.1) is 12.2 Å². The van der Waals surface area contributed by atoms with Gasteiger partial charge in [-0.1, -0.05) is 55.3 Å². The van der Waals surface area contributed by atoms with E-state index in [1.807, 2.05) is 48.5 Å². The number of rotatable bonds is 3. The molecule has 2 aliphatic rings. The molecular weight excluding hydrogens is 370 g/mol. The van der Waals surface area contributed by atoms with Crippen LogP contribution in [0.3, 0.4) is 0 Å². The summed E-state index contributed by atoms with van der Waals surface area (Å²) < 4.78 is 6.57. The Morgan fingerprint density at radius 3 is 2.68 bits per heavy atom. The summed E-state index contributed by atoms with van der Waals surface area (Å²) >= 11 is 6.23. The molecule has 1 saturated carbocycles. The molecule has 0 spiro atoms. The molecule has 5 atom stereocenters. The molecule has 1 heterocycles. The average molecular weight is 398 g/mol. The zero-order chi connectivity index (χ0) is 19.7. The summed E-state index contributed by atoms with van der Waals surface area (Å²) in [5.41, 5.74) is 1.47. The second-order valence-electron chi connectivity index (χ2n) is 8.68. The maximum atomic E-state index is 13.0. The van der Waals surface area contributed by atoms with Crippen LogP contribution >= 0.6 is 11.6 Å². The van der Waals surface area contributed by atoms with Crippen LogP contribution in [0.15, 0.2) is 54.6 Å². The van der Waals surface area contributed by atoms with E-state index in [-0.39, 0.29) is 23.7 Å². The summed E-state index contributed by atoms with van der Waals surface area (Å²) in [5.74, 6) is 0.965. The largest absolute Gasteiger partial charge is 0.370 e. The van der Waals surface area contributed by atoms with Crippen LogP contribution in [0.2, 0.25) is 5.02 Å². The third kappa shape index (κ3) is 3.97. The Kier molecular flexibility index (Phi) is 5.48. The van der Waals surface area contributed by atoms with Crippen molar-refractivity contribution in [3.63, 3.8) is 0 Å². The first-order chi connectivity index (χ1) is 13.4. The molecule has 3 nitrogen and oxygen atoms in total. The highest BCUT2D eigenvalue weighted by Gasteiger charge is 2.49. The number of carbonyl (C=O) groups excluding carboxylic acids is 1. The van der Waals surface area contributed by atoms with E-state index in [0.29, 0.717) is 17.4 Å². The molecule has 0 aromatic heterocycles. The molecule has 148 valence electrons. The van der Waals surface area contributed by atoms with Crippen molar-refractivity contribution in [2.45, 2.75) is 57.3 Å². The second-order valence-corrected chi connectivity index (χ2v) is 9.12. The average Bonchev–Trinajstić information content (AvgIpc) is 2.68. The molecular formula is C24H28ClNO2. The van der Waals surface area contributed by atoms with E-state index in [1.54, 1.807) is 0 Å². The maximum Gasteiger partial charge on any atom is 0.251 e. The number of ether oxygens (including phenoxy) is 1. The zero-order valence-corrected chi connectivity index (χ0v) is 17.3. The number of amides is 1. The molecule has 2 aromatic carbocycles. The van der Waals surface area contributed by atoms with Crippen molar-refractivity contribution >= 4 is 17.5 Å². The SMILES string of the molecule is C[C@H]1CC[C@H]2[C@H](C1)O[C@H](c1cccc(Cl)c1)C[C@]2(C)NC(=O)c1ccccc1. The van der Waals surface area contributed by atoms with Crippen molar-refractivity contribution in [2.24, 2.45) is 11.8 Å². The monoisotopic (exact) mass is 397 g/mol. The first-order valence-electron chi connectivity index (χ1n) is 10.2. The highest BCUT2D eigenvalue weighted by Crippen LogP contribution is 2.48. The minimum Gasteiger partial charge on any atom is -0.370 e. The van der Waals surface area contributed by atoms with Crippen LogP contribution < -0.4 is 5.32 Å². The number of hydrogen-bond donors (Lipinski definition) is 1.